The van der Waals surface area contributed by atoms with Gasteiger partial charge in [-0.1, -0.05) is 9.34 Å². The molecule has 0 spiro atoms. The van der Waals surface area contributed by atoms with E-state index in [1.54, 1.807) is 0 Å². The second kappa shape index (κ2) is 7.19. The normalized spacial score (nSPS) is 19.0. The average Bonchev–Trinajstić information content (AvgIpc) is 2.41. The lowest BCUT2D eigenvalue weighted by Crippen LogP contribution is -2.66. The van der Waals surface area contributed by atoms with E-state index in [1.165, 1.54) is 44.5 Å². The zero-order valence-corrected chi connectivity index (χ0v) is 14.8. The van der Waals surface area contributed by atoms with Crippen LogP contribution in [0.25, 0.3) is 0 Å². The van der Waals surface area contributed by atoms with Gasteiger partial charge in [-0.05, 0) is 9.13 Å². The van der Waals surface area contributed by atoms with E-state index in [4.69, 9.17) is 0 Å². The Hall–Kier alpha value is -1.47. The minimum absolute atomic E-state index is 0.0407. The maximum Gasteiger partial charge on any atom is 0.615 e. The summed E-state index contributed by atoms with van der Waals surface area (Å²) in [5.41, 5.74) is 0. The van der Waals surface area contributed by atoms with Crippen LogP contribution in [0.1, 0.15) is 6.92 Å². The topological polar surface area (TPSA) is 110 Å². The molecule has 1 aliphatic rings. The SMILES string of the molecule is CC(=O)N[C@H]1CN(C(=O)N([P+](=O)N(C)C)[P+](=O)N(C)C)C1=O. The second-order valence-corrected chi connectivity index (χ2v) is 8.70. The van der Waals surface area contributed by atoms with Gasteiger partial charge in [-0.2, -0.15) is 0 Å². The molecule has 1 heterocycles. The summed E-state index contributed by atoms with van der Waals surface area (Å²) in [5, 5.41) is 2.39. The molecule has 3 atom stereocenters. The van der Waals surface area contributed by atoms with Crippen molar-refractivity contribution in [2.24, 2.45) is 0 Å². The van der Waals surface area contributed by atoms with Crippen LogP contribution in [0.15, 0.2) is 0 Å². The highest BCUT2D eigenvalue weighted by Gasteiger charge is 2.59. The van der Waals surface area contributed by atoms with Gasteiger partial charge in [0.15, 0.2) is 0 Å². The van der Waals surface area contributed by atoms with Crippen molar-refractivity contribution in [3.8, 4) is 0 Å². The molecule has 0 aromatic carbocycles. The summed E-state index contributed by atoms with van der Waals surface area (Å²) in [7, 11) is 1.06. The van der Waals surface area contributed by atoms with Gasteiger partial charge in [0.25, 0.3) is 5.91 Å². The van der Waals surface area contributed by atoms with Gasteiger partial charge >= 0.3 is 22.2 Å². The van der Waals surface area contributed by atoms with Crippen molar-refractivity contribution < 1.29 is 23.5 Å². The van der Waals surface area contributed by atoms with Crippen LogP contribution in [0.4, 0.5) is 4.79 Å². The first-order valence-corrected chi connectivity index (χ1v) is 8.62. The number of nitrogens with one attached hydrogen (secondary N) is 1. The first-order valence-electron chi connectivity index (χ1n) is 6.29. The summed E-state index contributed by atoms with van der Waals surface area (Å²) in [6.45, 7) is 1.22. The Kier molecular flexibility index (Phi) is 6.08. The Balaban J connectivity index is 2.91. The molecule has 1 N–H and O–H groups in total. The molecule has 0 bridgehead atoms. The van der Waals surface area contributed by atoms with Crippen molar-refractivity contribution in [3.05, 3.63) is 0 Å². The van der Waals surface area contributed by atoms with Crippen molar-refractivity contribution in [3.63, 3.8) is 0 Å². The van der Waals surface area contributed by atoms with E-state index < -0.39 is 34.2 Å². The maximum atomic E-state index is 12.4. The summed E-state index contributed by atoms with van der Waals surface area (Å²) >= 11 is 0. The highest BCUT2D eigenvalue weighted by atomic mass is 31.2. The molecule has 12 heteroatoms. The Labute approximate surface area is 130 Å². The zero-order valence-electron chi connectivity index (χ0n) is 13.0. The first-order chi connectivity index (χ1) is 10.1. The third kappa shape index (κ3) is 3.84. The van der Waals surface area contributed by atoms with Crippen LogP contribution < -0.4 is 5.32 Å². The molecule has 0 aliphatic carbocycles. The van der Waals surface area contributed by atoms with Crippen molar-refractivity contribution in [1.82, 2.24) is 24.0 Å². The number of hydrogen-bond donors (Lipinski definition) is 1. The molecule has 0 radical (unpaired) electrons. The van der Waals surface area contributed by atoms with Gasteiger partial charge in [0.05, 0.1) is 6.54 Å². The van der Waals surface area contributed by atoms with Crippen LogP contribution in [-0.4, -0.2) is 77.3 Å². The molecule has 1 rings (SSSR count). The molecule has 1 aliphatic heterocycles. The summed E-state index contributed by atoms with van der Waals surface area (Å²) < 4.78 is 27.5. The number of urea groups is 1. The number of nitrogens with zero attached hydrogens (tertiary/aromatic N) is 4. The lowest BCUT2D eigenvalue weighted by molar-refractivity contribution is -0.142. The van der Waals surface area contributed by atoms with Crippen molar-refractivity contribution >= 4 is 34.1 Å². The predicted molar refractivity (Wildman–Crippen MR) is 79.1 cm³/mol. The molecule has 0 aromatic heterocycles. The van der Waals surface area contributed by atoms with Crippen LogP contribution in [0.5, 0.6) is 0 Å². The Bertz CT molecular complexity index is 518. The molecule has 0 aromatic rings. The Morgan fingerprint density at radius 2 is 1.59 bits per heavy atom. The minimum atomic E-state index is -2.41. The molecule has 1 fully saturated rings. The van der Waals surface area contributed by atoms with Gasteiger partial charge in [-0.25, -0.2) is 4.79 Å². The summed E-state index contributed by atoms with van der Waals surface area (Å²) in [6.07, 6.45) is 0. The van der Waals surface area contributed by atoms with E-state index in [9.17, 15) is 23.5 Å². The van der Waals surface area contributed by atoms with E-state index in [0.29, 0.717) is 4.44 Å². The quantitative estimate of drug-likeness (QED) is 0.556. The van der Waals surface area contributed by atoms with Crippen LogP contribution in [0, 0.1) is 0 Å². The van der Waals surface area contributed by atoms with Gasteiger partial charge < -0.3 is 5.32 Å². The number of amides is 4. The Morgan fingerprint density at radius 3 is 1.91 bits per heavy atom. The Morgan fingerprint density at radius 1 is 1.14 bits per heavy atom. The smallest absolute Gasteiger partial charge is 0.343 e. The summed E-state index contributed by atoms with van der Waals surface area (Å²) in [6, 6.07) is -1.69. The summed E-state index contributed by atoms with van der Waals surface area (Å²) in [4.78, 5) is 36.0. The van der Waals surface area contributed by atoms with E-state index in [2.05, 4.69) is 5.32 Å². The van der Waals surface area contributed by atoms with E-state index in [0.717, 1.165) is 4.90 Å². The van der Waals surface area contributed by atoms with Crippen molar-refractivity contribution in [2.75, 3.05) is 34.7 Å². The van der Waals surface area contributed by atoms with Crippen LogP contribution in [0.3, 0.4) is 0 Å². The van der Waals surface area contributed by atoms with Gasteiger partial charge in [-0.3, -0.25) is 14.5 Å². The fraction of sp³-hybridized carbons (Fsp3) is 0.700. The van der Waals surface area contributed by atoms with Gasteiger partial charge in [0, 0.05) is 35.1 Å². The van der Waals surface area contributed by atoms with E-state index in [1.807, 2.05) is 0 Å². The lowest BCUT2D eigenvalue weighted by Gasteiger charge is -2.35. The van der Waals surface area contributed by atoms with E-state index >= 15 is 0 Å². The molecule has 122 valence electrons. The number of carbonyl (C=O) groups excluding carboxylic acids is 3. The standard InChI is InChI=1S/C10H18N5O5P2/c1-7(16)11-8-6-14(9(8)17)10(18)15(21(19)12(2)3)22(20)13(4)5/h8H,6H2,1-5H3/q+1/p+1/t8-/m0/s1. The summed E-state index contributed by atoms with van der Waals surface area (Å²) in [5.74, 6) is -1.00. The number of hydrogen-bond acceptors (Lipinski definition) is 5. The van der Waals surface area contributed by atoms with Crippen molar-refractivity contribution in [2.45, 2.75) is 13.0 Å². The molecule has 10 nitrogen and oxygen atoms in total. The highest BCUT2D eigenvalue weighted by Crippen LogP contribution is 2.46. The average molecular weight is 351 g/mol. The first kappa shape index (κ1) is 18.6. The third-order valence-corrected chi connectivity index (χ3v) is 5.99. The number of rotatable bonds is 5. The van der Waals surface area contributed by atoms with Gasteiger partial charge in [0.1, 0.15) is 10.5 Å². The molecular formula is C10H19N5O5P2+2. The largest absolute Gasteiger partial charge is 0.615 e. The van der Waals surface area contributed by atoms with Crippen molar-refractivity contribution in [1.29, 1.82) is 0 Å². The predicted octanol–water partition coefficient (Wildman–Crippen LogP) is 0.193. The molecule has 4 amide bonds. The van der Waals surface area contributed by atoms with Crippen LogP contribution in [-0.2, 0) is 18.7 Å². The molecular weight excluding hydrogens is 332 g/mol. The molecule has 2 unspecified atom stereocenters. The fourth-order valence-electron chi connectivity index (χ4n) is 1.61. The zero-order chi connectivity index (χ0) is 17.2. The molecule has 22 heavy (non-hydrogen) atoms. The van der Waals surface area contributed by atoms with Gasteiger partial charge in [-0.15, -0.1) is 0 Å². The third-order valence-electron chi connectivity index (χ3n) is 2.72. The fourth-order valence-corrected chi connectivity index (χ4v) is 4.28. The molecule has 0 saturated carbocycles. The maximum absolute atomic E-state index is 12.4. The lowest BCUT2D eigenvalue weighted by atomic mass is 10.1. The number of imide groups is 1. The number of likely N-dealkylation sites (tertiary alicyclic amines) is 1. The van der Waals surface area contributed by atoms with Crippen LogP contribution in [0.2, 0.25) is 0 Å². The van der Waals surface area contributed by atoms with Crippen LogP contribution >= 0.6 is 16.2 Å². The monoisotopic (exact) mass is 351 g/mol. The second-order valence-electron chi connectivity index (χ2n) is 4.97. The van der Waals surface area contributed by atoms with E-state index in [-0.39, 0.29) is 12.5 Å². The van der Waals surface area contributed by atoms with Gasteiger partial charge in [0.2, 0.25) is 5.91 Å². The molecule has 1 saturated heterocycles. The minimum Gasteiger partial charge on any atom is -0.343 e. The number of carbonyl (C=O) groups is 3. The highest BCUT2D eigenvalue weighted by molar-refractivity contribution is 7.56. The number of β-lactam (4-membered cyclic amide) rings is 1.